The minimum Gasteiger partial charge on any atom is -0.485 e. The largest absolute Gasteiger partial charge is 0.485 e. The van der Waals surface area contributed by atoms with Crippen LogP contribution in [0, 0.1) is 48.4 Å². The molecule has 0 aliphatic heterocycles. The number of fused-ring (bicyclic) bond motifs is 2. The zero-order valence-corrected chi connectivity index (χ0v) is 17.8. The third kappa shape index (κ3) is 3.88. The monoisotopic (exact) mass is 403 g/mol. The van der Waals surface area contributed by atoms with E-state index in [1.807, 2.05) is 17.6 Å². The van der Waals surface area contributed by atoms with Crippen LogP contribution in [0.4, 0.5) is 0 Å². The summed E-state index contributed by atoms with van der Waals surface area (Å²) < 4.78 is 7.74. The third-order valence-corrected chi connectivity index (χ3v) is 7.12. The van der Waals surface area contributed by atoms with Crippen LogP contribution in [0.1, 0.15) is 56.6 Å². The molecule has 4 fully saturated rings. The third-order valence-electron chi connectivity index (χ3n) is 7.12. The summed E-state index contributed by atoms with van der Waals surface area (Å²) in [4.78, 5) is 21.3. The molecule has 5 heteroatoms. The highest BCUT2D eigenvalue weighted by Gasteiger charge is 2.49. The van der Waals surface area contributed by atoms with Gasteiger partial charge in [-0.1, -0.05) is 11.8 Å². The minimum absolute atomic E-state index is 0.0153. The summed E-state index contributed by atoms with van der Waals surface area (Å²) in [7, 11) is 0. The van der Waals surface area contributed by atoms with Gasteiger partial charge >= 0.3 is 0 Å². The lowest BCUT2D eigenvalue weighted by Gasteiger charge is -2.54. The molecule has 2 heterocycles. The molecule has 2 aromatic rings. The Bertz CT molecular complexity index is 1020. The average molecular weight is 404 g/mol. The van der Waals surface area contributed by atoms with Crippen LogP contribution < -0.4 is 10.3 Å². The molecular formula is C25H29N3O2. The fourth-order valence-electron chi connectivity index (χ4n) is 5.61. The Balaban J connectivity index is 1.26. The summed E-state index contributed by atoms with van der Waals surface area (Å²) in [6, 6.07) is 5.54. The van der Waals surface area contributed by atoms with E-state index in [9.17, 15) is 4.79 Å². The highest BCUT2D eigenvalue weighted by Crippen LogP contribution is 2.56. The molecule has 0 amide bonds. The quantitative estimate of drug-likeness (QED) is 0.704. The second kappa shape index (κ2) is 7.91. The molecule has 0 N–H and O–H groups in total. The Morgan fingerprint density at radius 1 is 1.10 bits per heavy atom. The average Bonchev–Trinajstić information content (AvgIpc) is 3.56. The van der Waals surface area contributed by atoms with Crippen molar-refractivity contribution in [2.45, 2.75) is 58.6 Å². The van der Waals surface area contributed by atoms with Crippen LogP contribution in [0.2, 0.25) is 0 Å². The predicted octanol–water partition coefficient (Wildman–Crippen LogP) is 4.16. The Morgan fingerprint density at radius 2 is 1.80 bits per heavy atom. The van der Waals surface area contributed by atoms with Gasteiger partial charge in [0.1, 0.15) is 12.4 Å². The van der Waals surface area contributed by atoms with Crippen LogP contribution in [-0.2, 0) is 6.61 Å². The molecule has 3 unspecified atom stereocenters. The van der Waals surface area contributed by atoms with Crippen molar-refractivity contribution >= 4 is 0 Å². The molecule has 4 aliphatic rings. The van der Waals surface area contributed by atoms with E-state index in [0.717, 1.165) is 5.69 Å². The smallest absolute Gasteiger partial charge is 0.254 e. The highest BCUT2D eigenvalue weighted by atomic mass is 16.5. The van der Waals surface area contributed by atoms with Gasteiger partial charge in [-0.05, 0) is 75.8 Å². The van der Waals surface area contributed by atoms with Gasteiger partial charge in [0.15, 0.2) is 5.82 Å². The minimum atomic E-state index is 0.0153. The van der Waals surface area contributed by atoms with Crippen molar-refractivity contribution in [2.24, 2.45) is 29.6 Å². The number of rotatable bonds is 5. The number of pyridine rings is 1. The molecule has 3 atom stereocenters. The molecule has 2 aromatic heterocycles. The first kappa shape index (κ1) is 19.4. The van der Waals surface area contributed by atoms with E-state index in [2.05, 4.69) is 28.7 Å². The molecule has 4 aliphatic carbocycles. The molecule has 156 valence electrons. The van der Waals surface area contributed by atoms with E-state index in [1.165, 1.54) is 32.1 Å². The Kier molecular flexibility index (Phi) is 5.10. The lowest BCUT2D eigenvalue weighted by Crippen LogP contribution is -2.48. The summed E-state index contributed by atoms with van der Waals surface area (Å²) in [6.07, 6.45) is 9.69. The fourth-order valence-corrected chi connectivity index (χ4v) is 5.61. The van der Waals surface area contributed by atoms with E-state index in [-0.39, 0.29) is 18.2 Å². The Hall–Kier alpha value is -2.61. The lowest BCUT2D eigenvalue weighted by atomic mass is 9.52. The van der Waals surface area contributed by atoms with Crippen LogP contribution in [0.15, 0.2) is 35.4 Å². The molecule has 5 nitrogen and oxygen atoms in total. The molecule has 0 radical (unpaired) electrons. The van der Waals surface area contributed by atoms with E-state index in [0.29, 0.717) is 41.2 Å². The maximum absolute atomic E-state index is 13.0. The van der Waals surface area contributed by atoms with Crippen molar-refractivity contribution in [3.8, 4) is 17.6 Å². The summed E-state index contributed by atoms with van der Waals surface area (Å²) in [5.74, 6) is 11.5. The van der Waals surface area contributed by atoms with Gasteiger partial charge in [-0.15, -0.1) is 0 Å². The van der Waals surface area contributed by atoms with E-state index in [1.54, 1.807) is 24.5 Å². The second-order valence-electron chi connectivity index (χ2n) is 9.30. The summed E-state index contributed by atoms with van der Waals surface area (Å²) in [5, 5.41) is 0. The van der Waals surface area contributed by atoms with Crippen LogP contribution in [0.5, 0.6) is 5.75 Å². The number of aromatic nitrogens is 3. The van der Waals surface area contributed by atoms with Crippen LogP contribution in [0.3, 0.4) is 0 Å². The van der Waals surface area contributed by atoms with E-state index < -0.39 is 0 Å². The fraction of sp³-hybridized carbons (Fsp3) is 0.560. The number of nitrogens with zero attached hydrogens (tertiary/aromatic N) is 3. The molecule has 4 saturated carbocycles. The molecule has 6 rings (SSSR count). The number of aryl methyl sites for hydroxylation is 1. The normalized spacial score (nSPS) is 28.1. The van der Waals surface area contributed by atoms with Gasteiger partial charge in [0, 0.05) is 42.0 Å². The first-order valence-electron chi connectivity index (χ1n) is 11.2. The summed E-state index contributed by atoms with van der Waals surface area (Å²) in [6.45, 7) is 4.48. The Morgan fingerprint density at radius 3 is 2.47 bits per heavy atom. The first-order valence-corrected chi connectivity index (χ1v) is 11.2. The van der Waals surface area contributed by atoms with Gasteiger partial charge in [0.25, 0.3) is 5.56 Å². The predicted molar refractivity (Wildman–Crippen MR) is 115 cm³/mol. The van der Waals surface area contributed by atoms with Gasteiger partial charge in [0.05, 0.1) is 0 Å². The number of ether oxygens (including phenoxy) is 1. The van der Waals surface area contributed by atoms with Crippen LogP contribution >= 0.6 is 0 Å². The van der Waals surface area contributed by atoms with Gasteiger partial charge in [-0.3, -0.25) is 4.79 Å². The standard InChI is InChI=1S/C25H29N3O2/c1-16-10-22(30-15-23-26-8-3-9-27-23)14-24(29)28(16)17(2)25-20-11-19(12-21(25)13-20)7-6-18-4-5-18/h3,8-10,14,17-21,25H,4-5,11-13,15H2,1-2H3. The SMILES string of the molecule is Cc1cc(OCc2ncccn2)cc(=O)n1C(C)C1C2CC(C#CC3CC3)CC1C2. The molecule has 2 bridgehead atoms. The van der Waals surface area contributed by atoms with Crippen LogP contribution in [-0.4, -0.2) is 14.5 Å². The van der Waals surface area contributed by atoms with Gasteiger partial charge < -0.3 is 9.30 Å². The molecule has 0 spiro atoms. The van der Waals surface area contributed by atoms with Crippen molar-refractivity contribution in [2.75, 3.05) is 0 Å². The molecule has 30 heavy (non-hydrogen) atoms. The zero-order chi connectivity index (χ0) is 20.7. The van der Waals surface area contributed by atoms with Crippen molar-refractivity contribution in [3.05, 3.63) is 52.5 Å². The zero-order valence-electron chi connectivity index (χ0n) is 17.8. The summed E-state index contributed by atoms with van der Waals surface area (Å²) in [5.41, 5.74) is 0.968. The van der Waals surface area contributed by atoms with E-state index in [4.69, 9.17) is 4.74 Å². The number of hydrogen-bond acceptors (Lipinski definition) is 4. The summed E-state index contributed by atoms with van der Waals surface area (Å²) >= 11 is 0. The van der Waals surface area contributed by atoms with Gasteiger partial charge in [0.2, 0.25) is 0 Å². The van der Waals surface area contributed by atoms with Crippen molar-refractivity contribution < 1.29 is 4.74 Å². The van der Waals surface area contributed by atoms with Crippen molar-refractivity contribution in [3.63, 3.8) is 0 Å². The van der Waals surface area contributed by atoms with Crippen molar-refractivity contribution in [1.82, 2.24) is 14.5 Å². The molecular weight excluding hydrogens is 374 g/mol. The van der Waals surface area contributed by atoms with Crippen molar-refractivity contribution in [1.29, 1.82) is 0 Å². The molecule has 0 saturated heterocycles. The molecule has 0 aromatic carbocycles. The maximum Gasteiger partial charge on any atom is 0.254 e. The Labute approximate surface area is 177 Å². The van der Waals surface area contributed by atoms with Gasteiger partial charge in [-0.2, -0.15) is 0 Å². The first-order chi connectivity index (χ1) is 14.6. The van der Waals surface area contributed by atoms with Crippen LogP contribution in [0.25, 0.3) is 0 Å². The maximum atomic E-state index is 13.0. The van der Waals surface area contributed by atoms with Gasteiger partial charge in [-0.25, -0.2) is 9.97 Å². The second-order valence-corrected chi connectivity index (χ2v) is 9.30. The highest BCUT2D eigenvalue weighted by molar-refractivity contribution is 5.24. The lowest BCUT2D eigenvalue weighted by molar-refractivity contribution is -0.0354. The topological polar surface area (TPSA) is 57.0 Å². The van der Waals surface area contributed by atoms with E-state index >= 15 is 0 Å². The number of hydrogen-bond donors (Lipinski definition) is 0.